The van der Waals surface area contributed by atoms with Gasteiger partial charge in [-0.3, -0.25) is 4.79 Å². The summed E-state index contributed by atoms with van der Waals surface area (Å²) in [4.78, 5) is 15.4. The van der Waals surface area contributed by atoms with Gasteiger partial charge in [0.25, 0.3) is 0 Å². The van der Waals surface area contributed by atoms with E-state index in [2.05, 4.69) is 10.3 Å². The standard InChI is InChI=1S/C11H13ClN2O2/c12-10-4-9(6-15)8(5-14-10)3-7-1-2-13-11(7)16/h4-5,7,15H,1-3,6H2,(H,13,16). The molecule has 1 aliphatic heterocycles. The molecule has 1 aromatic rings. The first-order valence-corrected chi connectivity index (χ1v) is 5.60. The van der Waals surface area contributed by atoms with Crippen LogP contribution in [-0.4, -0.2) is 22.5 Å². The fourth-order valence-corrected chi connectivity index (χ4v) is 2.11. The Morgan fingerprint density at radius 3 is 3.00 bits per heavy atom. The molecule has 5 heteroatoms. The highest BCUT2D eigenvalue weighted by molar-refractivity contribution is 6.29. The first kappa shape index (κ1) is 11.4. The summed E-state index contributed by atoms with van der Waals surface area (Å²) < 4.78 is 0. The number of halogens is 1. The lowest BCUT2D eigenvalue weighted by Gasteiger charge is -2.10. The Morgan fingerprint density at radius 2 is 2.38 bits per heavy atom. The zero-order valence-corrected chi connectivity index (χ0v) is 9.50. The monoisotopic (exact) mass is 240 g/mol. The molecule has 1 aliphatic rings. The smallest absolute Gasteiger partial charge is 0.223 e. The van der Waals surface area contributed by atoms with Crippen LogP contribution in [0, 0.1) is 5.92 Å². The van der Waals surface area contributed by atoms with Crippen molar-refractivity contribution in [1.82, 2.24) is 10.3 Å². The number of amides is 1. The van der Waals surface area contributed by atoms with Crippen LogP contribution in [0.4, 0.5) is 0 Å². The van der Waals surface area contributed by atoms with Gasteiger partial charge in [-0.25, -0.2) is 4.98 Å². The number of aromatic nitrogens is 1. The van der Waals surface area contributed by atoms with Crippen LogP contribution in [-0.2, 0) is 17.8 Å². The van der Waals surface area contributed by atoms with Crippen LogP contribution in [0.3, 0.4) is 0 Å². The summed E-state index contributed by atoms with van der Waals surface area (Å²) in [6.45, 7) is 0.658. The molecule has 0 radical (unpaired) electrons. The van der Waals surface area contributed by atoms with E-state index in [1.807, 2.05) is 0 Å². The molecule has 16 heavy (non-hydrogen) atoms. The van der Waals surface area contributed by atoms with E-state index in [4.69, 9.17) is 11.6 Å². The van der Waals surface area contributed by atoms with Gasteiger partial charge < -0.3 is 10.4 Å². The van der Waals surface area contributed by atoms with Crippen molar-refractivity contribution >= 4 is 17.5 Å². The lowest BCUT2D eigenvalue weighted by Crippen LogP contribution is -2.20. The van der Waals surface area contributed by atoms with E-state index in [9.17, 15) is 9.90 Å². The van der Waals surface area contributed by atoms with E-state index in [0.29, 0.717) is 11.6 Å². The van der Waals surface area contributed by atoms with Gasteiger partial charge in [-0.05, 0) is 30.0 Å². The molecule has 2 N–H and O–H groups in total. The molecular formula is C11H13ClN2O2. The summed E-state index contributed by atoms with van der Waals surface area (Å²) in [7, 11) is 0. The summed E-state index contributed by atoms with van der Waals surface area (Å²) in [6, 6.07) is 1.64. The van der Waals surface area contributed by atoms with Crippen molar-refractivity contribution < 1.29 is 9.90 Å². The van der Waals surface area contributed by atoms with Crippen LogP contribution in [0.25, 0.3) is 0 Å². The first-order chi connectivity index (χ1) is 7.70. The Labute approximate surface area is 98.6 Å². The van der Waals surface area contributed by atoms with Gasteiger partial charge in [0, 0.05) is 18.7 Å². The largest absolute Gasteiger partial charge is 0.392 e. The second-order valence-electron chi connectivity index (χ2n) is 3.91. The molecule has 0 spiro atoms. The zero-order chi connectivity index (χ0) is 11.5. The third-order valence-corrected chi connectivity index (χ3v) is 3.06. The average Bonchev–Trinajstić information content (AvgIpc) is 2.67. The predicted octanol–water partition coefficient (Wildman–Crippen LogP) is 0.906. The molecule has 0 bridgehead atoms. The maximum atomic E-state index is 11.4. The van der Waals surface area contributed by atoms with E-state index in [-0.39, 0.29) is 18.4 Å². The van der Waals surface area contributed by atoms with E-state index >= 15 is 0 Å². The normalized spacial score (nSPS) is 19.9. The number of carbonyl (C=O) groups is 1. The third kappa shape index (κ3) is 2.33. The van der Waals surface area contributed by atoms with Crippen molar-refractivity contribution in [3.63, 3.8) is 0 Å². The Balaban J connectivity index is 2.17. The first-order valence-electron chi connectivity index (χ1n) is 5.22. The van der Waals surface area contributed by atoms with Gasteiger partial charge in [0.1, 0.15) is 5.15 Å². The molecule has 4 nitrogen and oxygen atoms in total. The van der Waals surface area contributed by atoms with Crippen LogP contribution in [0.1, 0.15) is 17.5 Å². The summed E-state index contributed by atoms with van der Waals surface area (Å²) in [6.07, 6.45) is 3.09. The molecule has 0 aliphatic carbocycles. The lowest BCUT2D eigenvalue weighted by atomic mass is 9.96. The van der Waals surface area contributed by atoms with Crippen molar-refractivity contribution in [2.45, 2.75) is 19.4 Å². The highest BCUT2D eigenvalue weighted by atomic mass is 35.5. The summed E-state index contributed by atoms with van der Waals surface area (Å²) in [5.41, 5.74) is 1.65. The van der Waals surface area contributed by atoms with E-state index in [1.165, 1.54) is 0 Å². The minimum absolute atomic E-state index is 0.00623. The minimum atomic E-state index is -0.0775. The number of aliphatic hydroxyl groups excluding tert-OH is 1. The topological polar surface area (TPSA) is 62.2 Å². The van der Waals surface area contributed by atoms with Crippen LogP contribution in [0.5, 0.6) is 0 Å². The number of nitrogens with one attached hydrogen (secondary N) is 1. The molecule has 0 saturated carbocycles. The number of carbonyl (C=O) groups excluding carboxylic acids is 1. The summed E-state index contributed by atoms with van der Waals surface area (Å²) in [5.74, 6) is 0.0760. The van der Waals surface area contributed by atoms with E-state index < -0.39 is 0 Å². The van der Waals surface area contributed by atoms with E-state index in [1.54, 1.807) is 12.3 Å². The third-order valence-electron chi connectivity index (χ3n) is 2.85. The van der Waals surface area contributed by atoms with Gasteiger partial charge in [0.15, 0.2) is 0 Å². The molecular weight excluding hydrogens is 228 g/mol. The van der Waals surface area contributed by atoms with Crippen molar-refractivity contribution in [3.05, 3.63) is 28.5 Å². The molecule has 1 fully saturated rings. The van der Waals surface area contributed by atoms with Crippen molar-refractivity contribution in [3.8, 4) is 0 Å². The number of rotatable bonds is 3. The van der Waals surface area contributed by atoms with Gasteiger partial charge in [-0.15, -0.1) is 0 Å². The Hall–Kier alpha value is -1.13. The van der Waals surface area contributed by atoms with Crippen molar-refractivity contribution in [1.29, 1.82) is 0 Å². The number of nitrogens with zero attached hydrogens (tertiary/aromatic N) is 1. The molecule has 1 aromatic heterocycles. The number of hydrogen-bond acceptors (Lipinski definition) is 3. The molecule has 0 aromatic carbocycles. The average molecular weight is 241 g/mol. The fourth-order valence-electron chi connectivity index (χ4n) is 1.93. The summed E-state index contributed by atoms with van der Waals surface area (Å²) in [5, 5.41) is 12.4. The van der Waals surface area contributed by atoms with Crippen LogP contribution in [0.2, 0.25) is 5.15 Å². The maximum absolute atomic E-state index is 11.4. The fraction of sp³-hybridized carbons (Fsp3) is 0.455. The minimum Gasteiger partial charge on any atom is -0.392 e. The Morgan fingerprint density at radius 1 is 1.56 bits per heavy atom. The maximum Gasteiger partial charge on any atom is 0.223 e. The second-order valence-corrected chi connectivity index (χ2v) is 4.30. The highest BCUT2D eigenvalue weighted by Crippen LogP contribution is 2.20. The highest BCUT2D eigenvalue weighted by Gasteiger charge is 2.25. The molecule has 1 atom stereocenters. The molecule has 2 rings (SSSR count). The molecule has 86 valence electrons. The van der Waals surface area contributed by atoms with Gasteiger partial charge in [-0.1, -0.05) is 11.6 Å². The quantitative estimate of drug-likeness (QED) is 0.772. The SMILES string of the molecule is O=C1NCCC1Cc1cnc(Cl)cc1CO. The van der Waals surface area contributed by atoms with Gasteiger partial charge >= 0.3 is 0 Å². The van der Waals surface area contributed by atoms with Gasteiger partial charge in [-0.2, -0.15) is 0 Å². The van der Waals surface area contributed by atoms with Crippen molar-refractivity contribution in [2.75, 3.05) is 6.54 Å². The van der Waals surface area contributed by atoms with Crippen LogP contribution < -0.4 is 5.32 Å². The van der Waals surface area contributed by atoms with E-state index in [0.717, 1.165) is 24.1 Å². The Bertz CT molecular complexity index is 409. The molecule has 1 amide bonds. The number of hydrogen-bond donors (Lipinski definition) is 2. The predicted molar refractivity (Wildman–Crippen MR) is 60.0 cm³/mol. The Kier molecular flexibility index (Phi) is 3.41. The van der Waals surface area contributed by atoms with Crippen LogP contribution >= 0.6 is 11.6 Å². The molecule has 1 saturated heterocycles. The van der Waals surface area contributed by atoms with Gasteiger partial charge in [0.2, 0.25) is 5.91 Å². The number of aliphatic hydroxyl groups is 1. The van der Waals surface area contributed by atoms with Gasteiger partial charge in [0.05, 0.1) is 6.61 Å². The number of pyridine rings is 1. The van der Waals surface area contributed by atoms with Crippen molar-refractivity contribution in [2.24, 2.45) is 5.92 Å². The lowest BCUT2D eigenvalue weighted by molar-refractivity contribution is -0.122. The second kappa shape index (κ2) is 4.80. The summed E-state index contributed by atoms with van der Waals surface area (Å²) >= 11 is 5.74. The molecule has 1 unspecified atom stereocenters. The zero-order valence-electron chi connectivity index (χ0n) is 8.74. The molecule has 2 heterocycles. The van der Waals surface area contributed by atoms with Crippen LogP contribution in [0.15, 0.2) is 12.3 Å².